The number of amides is 2. The van der Waals surface area contributed by atoms with Gasteiger partial charge in [-0.05, 0) is 50.1 Å². The fourth-order valence-electron chi connectivity index (χ4n) is 3.24. The van der Waals surface area contributed by atoms with Crippen LogP contribution in [0.1, 0.15) is 29.8 Å². The molecular weight excluding hydrogens is 414 g/mol. The molecule has 0 aliphatic rings. The zero-order valence-corrected chi connectivity index (χ0v) is 17.8. The van der Waals surface area contributed by atoms with E-state index in [1.807, 2.05) is 0 Å². The summed E-state index contributed by atoms with van der Waals surface area (Å²) in [5, 5.41) is 14.4. The number of aromatic nitrogens is 1. The Labute approximate surface area is 184 Å². The molecule has 3 N–H and O–H groups in total. The maximum atomic E-state index is 12.5. The fourth-order valence-corrected chi connectivity index (χ4v) is 3.24. The number of carbonyl (C=O) groups excluding carboxylic acids is 2. The second-order valence-electron chi connectivity index (χ2n) is 7.76. The normalized spacial score (nSPS) is 11.0. The van der Waals surface area contributed by atoms with Crippen LogP contribution in [0.5, 0.6) is 5.75 Å². The molecule has 0 spiro atoms. The van der Waals surface area contributed by atoms with E-state index in [9.17, 15) is 14.4 Å². The second kappa shape index (κ2) is 9.34. The van der Waals surface area contributed by atoms with Crippen LogP contribution in [0, 0.1) is 0 Å². The molecule has 166 valence electrons. The van der Waals surface area contributed by atoms with E-state index in [1.54, 1.807) is 50.2 Å². The van der Waals surface area contributed by atoms with Crippen molar-refractivity contribution in [2.24, 2.45) is 0 Å². The molecule has 0 aliphatic carbocycles. The summed E-state index contributed by atoms with van der Waals surface area (Å²) >= 11 is 0. The van der Waals surface area contributed by atoms with Crippen LogP contribution in [-0.4, -0.2) is 40.5 Å². The molecule has 32 heavy (non-hydrogen) atoms. The maximum absolute atomic E-state index is 12.5. The van der Waals surface area contributed by atoms with Crippen LogP contribution in [-0.2, 0) is 16.0 Å². The number of carboxylic acids is 1. The third kappa shape index (κ3) is 5.51. The molecule has 0 saturated heterocycles. The molecule has 2 aromatic carbocycles. The average molecular weight is 437 g/mol. The van der Waals surface area contributed by atoms with Crippen LogP contribution in [0.25, 0.3) is 11.3 Å². The smallest absolute Gasteiger partial charge is 0.335 e. The van der Waals surface area contributed by atoms with E-state index >= 15 is 0 Å². The van der Waals surface area contributed by atoms with Crippen LogP contribution in [0.4, 0.5) is 5.69 Å². The number of oxazole rings is 1. The molecule has 0 radical (unpaired) electrons. The van der Waals surface area contributed by atoms with Gasteiger partial charge in [0.25, 0.3) is 0 Å². The SMILES string of the molecule is COc1cc(NC(=O)C(=O)NC(C)(C)Cc2cccc(C(=O)O)c2)ccc1-c1cnco1. The van der Waals surface area contributed by atoms with Gasteiger partial charge < -0.3 is 24.9 Å². The van der Waals surface area contributed by atoms with Crippen LogP contribution in [0.2, 0.25) is 0 Å². The van der Waals surface area contributed by atoms with E-state index in [1.165, 1.54) is 25.8 Å². The molecule has 0 unspecified atom stereocenters. The summed E-state index contributed by atoms with van der Waals surface area (Å²) in [7, 11) is 1.48. The minimum atomic E-state index is -1.03. The molecule has 0 saturated carbocycles. The first-order chi connectivity index (χ1) is 15.2. The van der Waals surface area contributed by atoms with Crippen molar-refractivity contribution in [3.05, 3.63) is 66.2 Å². The van der Waals surface area contributed by atoms with Crippen molar-refractivity contribution in [2.75, 3.05) is 12.4 Å². The Bertz CT molecular complexity index is 1140. The molecule has 0 fully saturated rings. The summed E-state index contributed by atoms with van der Waals surface area (Å²) in [6.45, 7) is 3.50. The first-order valence-electron chi connectivity index (χ1n) is 9.71. The van der Waals surface area contributed by atoms with Gasteiger partial charge in [-0.3, -0.25) is 9.59 Å². The first kappa shape index (κ1) is 22.5. The van der Waals surface area contributed by atoms with E-state index in [0.29, 0.717) is 29.2 Å². The number of benzene rings is 2. The predicted molar refractivity (Wildman–Crippen MR) is 116 cm³/mol. The van der Waals surface area contributed by atoms with Crippen molar-refractivity contribution in [3.63, 3.8) is 0 Å². The van der Waals surface area contributed by atoms with Crippen molar-refractivity contribution < 1.29 is 28.6 Å². The summed E-state index contributed by atoms with van der Waals surface area (Å²) in [4.78, 5) is 39.9. The van der Waals surface area contributed by atoms with Gasteiger partial charge in [0.05, 0.1) is 24.4 Å². The number of rotatable bonds is 7. The number of hydrogen-bond acceptors (Lipinski definition) is 6. The fraction of sp³-hybridized carbons (Fsp3) is 0.217. The van der Waals surface area contributed by atoms with Crippen LogP contribution in [0.15, 0.2) is 59.5 Å². The minimum Gasteiger partial charge on any atom is -0.496 e. The molecule has 0 bridgehead atoms. The van der Waals surface area contributed by atoms with Crippen molar-refractivity contribution >= 4 is 23.5 Å². The lowest BCUT2D eigenvalue weighted by molar-refractivity contribution is -0.137. The molecular formula is C23H23N3O6. The van der Waals surface area contributed by atoms with Crippen molar-refractivity contribution in [1.29, 1.82) is 0 Å². The Morgan fingerprint density at radius 1 is 1.12 bits per heavy atom. The highest BCUT2D eigenvalue weighted by Crippen LogP contribution is 2.32. The number of aromatic carboxylic acids is 1. The summed E-state index contributed by atoms with van der Waals surface area (Å²) < 4.78 is 10.6. The van der Waals surface area contributed by atoms with Crippen LogP contribution < -0.4 is 15.4 Å². The average Bonchev–Trinajstić information content (AvgIpc) is 3.27. The predicted octanol–water partition coefficient (Wildman–Crippen LogP) is 3.12. The van der Waals surface area contributed by atoms with Crippen LogP contribution in [0.3, 0.4) is 0 Å². The maximum Gasteiger partial charge on any atom is 0.335 e. The summed E-state index contributed by atoms with van der Waals surface area (Å²) in [6.07, 6.45) is 3.18. The standard InChI is InChI=1S/C23H23N3O6/c1-23(2,11-14-5-4-6-15(9-14)22(29)30)26-21(28)20(27)25-16-7-8-17(18(10-16)31-3)19-12-24-13-32-19/h4-10,12-13H,11H2,1-3H3,(H,25,27)(H,26,28)(H,29,30). The Morgan fingerprint density at radius 2 is 1.91 bits per heavy atom. The van der Waals surface area contributed by atoms with Gasteiger partial charge in [0.1, 0.15) is 5.75 Å². The largest absolute Gasteiger partial charge is 0.496 e. The number of nitrogens with one attached hydrogen (secondary N) is 2. The number of carbonyl (C=O) groups is 3. The highest BCUT2D eigenvalue weighted by Gasteiger charge is 2.25. The highest BCUT2D eigenvalue weighted by molar-refractivity contribution is 6.39. The highest BCUT2D eigenvalue weighted by atomic mass is 16.5. The Morgan fingerprint density at radius 3 is 2.56 bits per heavy atom. The van der Waals surface area contributed by atoms with E-state index in [-0.39, 0.29) is 5.56 Å². The van der Waals surface area contributed by atoms with Crippen molar-refractivity contribution in [3.8, 4) is 17.1 Å². The lowest BCUT2D eigenvalue weighted by atomic mass is 9.94. The summed E-state index contributed by atoms with van der Waals surface area (Å²) in [5.74, 6) is -1.74. The quantitative estimate of drug-likeness (QED) is 0.484. The minimum absolute atomic E-state index is 0.157. The first-order valence-corrected chi connectivity index (χ1v) is 9.71. The van der Waals surface area contributed by atoms with E-state index in [2.05, 4.69) is 15.6 Å². The number of methoxy groups -OCH3 is 1. The zero-order valence-electron chi connectivity index (χ0n) is 17.8. The van der Waals surface area contributed by atoms with Gasteiger partial charge in [-0.1, -0.05) is 12.1 Å². The second-order valence-corrected chi connectivity index (χ2v) is 7.76. The van der Waals surface area contributed by atoms with E-state index < -0.39 is 23.3 Å². The topological polar surface area (TPSA) is 131 Å². The molecule has 9 heteroatoms. The summed E-state index contributed by atoms with van der Waals surface area (Å²) in [6, 6.07) is 11.3. The van der Waals surface area contributed by atoms with Gasteiger partial charge >= 0.3 is 17.8 Å². The number of nitrogens with zero attached hydrogens (tertiary/aromatic N) is 1. The van der Waals surface area contributed by atoms with Gasteiger partial charge in [0.2, 0.25) is 0 Å². The Balaban J connectivity index is 1.66. The molecule has 9 nitrogen and oxygen atoms in total. The van der Waals surface area contributed by atoms with Crippen molar-refractivity contribution in [1.82, 2.24) is 10.3 Å². The summed E-state index contributed by atoms with van der Waals surface area (Å²) in [5.41, 5.74) is 1.11. The molecule has 0 atom stereocenters. The number of carboxylic acid groups (broad SMARTS) is 1. The number of hydrogen-bond donors (Lipinski definition) is 3. The van der Waals surface area contributed by atoms with Gasteiger partial charge in [-0.2, -0.15) is 0 Å². The Kier molecular flexibility index (Phi) is 6.58. The third-order valence-corrected chi connectivity index (χ3v) is 4.64. The van der Waals surface area contributed by atoms with Crippen LogP contribution >= 0.6 is 0 Å². The lowest BCUT2D eigenvalue weighted by Crippen LogP contribution is -2.49. The van der Waals surface area contributed by atoms with E-state index in [4.69, 9.17) is 14.3 Å². The van der Waals surface area contributed by atoms with Gasteiger partial charge in [-0.15, -0.1) is 0 Å². The number of anilines is 1. The van der Waals surface area contributed by atoms with Gasteiger partial charge in [0.15, 0.2) is 12.2 Å². The molecule has 3 rings (SSSR count). The molecule has 3 aromatic rings. The number of ether oxygens (including phenoxy) is 1. The monoisotopic (exact) mass is 437 g/mol. The molecule has 1 heterocycles. The molecule has 2 amide bonds. The van der Waals surface area contributed by atoms with Crippen molar-refractivity contribution in [2.45, 2.75) is 25.8 Å². The Hall–Kier alpha value is -4.14. The third-order valence-electron chi connectivity index (χ3n) is 4.64. The molecule has 1 aromatic heterocycles. The lowest BCUT2D eigenvalue weighted by Gasteiger charge is -2.26. The zero-order chi connectivity index (χ0) is 23.3. The van der Waals surface area contributed by atoms with Gasteiger partial charge in [-0.25, -0.2) is 9.78 Å². The van der Waals surface area contributed by atoms with Gasteiger partial charge in [0, 0.05) is 17.3 Å². The molecule has 0 aliphatic heterocycles. The van der Waals surface area contributed by atoms with E-state index in [0.717, 1.165) is 5.56 Å².